The Morgan fingerprint density at radius 2 is 2.26 bits per heavy atom. The molecule has 23 heavy (non-hydrogen) atoms. The molecular formula is C18H23N3S2. The third-order valence-corrected chi connectivity index (χ3v) is 5.99. The molecule has 0 spiro atoms. The Labute approximate surface area is 146 Å². The van der Waals surface area contributed by atoms with Gasteiger partial charge in [0.25, 0.3) is 0 Å². The predicted molar refractivity (Wildman–Crippen MR) is 103 cm³/mol. The van der Waals surface area contributed by atoms with Crippen LogP contribution in [0, 0.1) is 5.41 Å². The molecule has 1 aliphatic heterocycles. The predicted octanol–water partition coefficient (Wildman–Crippen LogP) is 3.88. The van der Waals surface area contributed by atoms with Crippen LogP contribution >= 0.6 is 23.1 Å². The van der Waals surface area contributed by atoms with Gasteiger partial charge in [0.1, 0.15) is 0 Å². The molecule has 2 heterocycles. The van der Waals surface area contributed by atoms with E-state index in [-0.39, 0.29) is 0 Å². The van der Waals surface area contributed by atoms with Gasteiger partial charge in [0.05, 0.1) is 11.4 Å². The van der Waals surface area contributed by atoms with Gasteiger partial charge in [-0.25, -0.2) is 0 Å². The molecule has 3 rings (SSSR count). The SMILES string of the molecule is CNCCCN1CCSc2cc(CC(=N)c3cccs3)ccc21. The Morgan fingerprint density at radius 1 is 1.35 bits per heavy atom. The maximum Gasteiger partial charge on any atom is 0.0529 e. The number of anilines is 1. The number of thiophene rings is 1. The van der Waals surface area contributed by atoms with Crippen molar-refractivity contribution in [3.8, 4) is 0 Å². The van der Waals surface area contributed by atoms with Crippen LogP contribution < -0.4 is 10.2 Å². The minimum Gasteiger partial charge on any atom is -0.370 e. The Balaban J connectivity index is 1.70. The number of fused-ring (bicyclic) bond motifs is 1. The summed E-state index contributed by atoms with van der Waals surface area (Å²) < 4.78 is 0. The third kappa shape index (κ3) is 4.16. The van der Waals surface area contributed by atoms with E-state index < -0.39 is 0 Å². The highest BCUT2D eigenvalue weighted by Crippen LogP contribution is 2.35. The molecule has 0 aliphatic carbocycles. The first-order valence-electron chi connectivity index (χ1n) is 8.04. The Kier molecular flexibility index (Phi) is 5.75. The summed E-state index contributed by atoms with van der Waals surface area (Å²) in [4.78, 5) is 4.94. The zero-order valence-corrected chi connectivity index (χ0v) is 15.1. The average Bonchev–Trinajstić information content (AvgIpc) is 3.09. The Bertz CT molecular complexity index is 652. The zero-order valence-electron chi connectivity index (χ0n) is 13.5. The zero-order chi connectivity index (χ0) is 16.1. The van der Waals surface area contributed by atoms with Crippen molar-refractivity contribution in [3.63, 3.8) is 0 Å². The van der Waals surface area contributed by atoms with Crippen LogP contribution in [-0.4, -0.2) is 38.1 Å². The first kappa shape index (κ1) is 16.6. The quantitative estimate of drug-likeness (QED) is 0.591. The first-order chi connectivity index (χ1) is 11.3. The van der Waals surface area contributed by atoms with Crippen molar-refractivity contribution in [3.05, 3.63) is 46.2 Å². The largest absolute Gasteiger partial charge is 0.370 e. The molecule has 0 atom stereocenters. The molecule has 0 bridgehead atoms. The van der Waals surface area contributed by atoms with Crippen LogP contribution in [-0.2, 0) is 6.42 Å². The van der Waals surface area contributed by atoms with Gasteiger partial charge in [0.15, 0.2) is 0 Å². The molecule has 5 heteroatoms. The molecule has 1 aliphatic rings. The van der Waals surface area contributed by atoms with Gasteiger partial charge in [-0.15, -0.1) is 23.1 Å². The van der Waals surface area contributed by atoms with Gasteiger partial charge in [-0.2, -0.15) is 0 Å². The first-order valence-corrected chi connectivity index (χ1v) is 9.91. The molecule has 2 N–H and O–H groups in total. The fourth-order valence-corrected chi connectivity index (χ4v) is 4.64. The molecule has 1 aromatic carbocycles. The van der Waals surface area contributed by atoms with E-state index in [1.165, 1.54) is 22.6 Å². The van der Waals surface area contributed by atoms with E-state index in [1.54, 1.807) is 11.3 Å². The summed E-state index contributed by atoms with van der Waals surface area (Å²) in [5.41, 5.74) is 3.32. The lowest BCUT2D eigenvalue weighted by Gasteiger charge is -2.31. The number of thioether (sulfide) groups is 1. The minimum atomic E-state index is 0.714. The van der Waals surface area contributed by atoms with Crippen LogP contribution in [0.15, 0.2) is 40.6 Å². The molecular weight excluding hydrogens is 322 g/mol. The summed E-state index contributed by atoms with van der Waals surface area (Å²) in [6.45, 7) is 3.31. The normalized spacial score (nSPS) is 13.9. The van der Waals surface area contributed by atoms with Crippen molar-refractivity contribution < 1.29 is 0 Å². The fraction of sp³-hybridized carbons (Fsp3) is 0.389. The van der Waals surface area contributed by atoms with Gasteiger partial charge >= 0.3 is 0 Å². The lowest BCUT2D eigenvalue weighted by atomic mass is 10.1. The second-order valence-electron chi connectivity index (χ2n) is 5.73. The number of hydrogen-bond donors (Lipinski definition) is 2. The van der Waals surface area contributed by atoms with E-state index in [0.717, 1.165) is 30.3 Å². The molecule has 0 saturated heterocycles. The van der Waals surface area contributed by atoms with Crippen molar-refractivity contribution in [2.45, 2.75) is 17.7 Å². The second kappa shape index (κ2) is 7.99. The number of hydrogen-bond acceptors (Lipinski definition) is 5. The average molecular weight is 346 g/mol. The Hall–Kier alpha value is -1.30. The summed E-state index contributed by atoms with van der Waals surface area (Å²) in [6, 6.07) is 10.8. The highest BCUT2D eigenvalue weighted by atomic mass is 32.2. The van der Waals surface area contributed by atoms with Gasteiger partial charge < -0.3 is 15.6 Å². The van der Waals surface area contributed by atoms with Crippen LogP contribution in [0.2, 0.25) is 0 Å². The van der Waals surface area contributed by atoms with Crippen LogP contribution in [0.25, 0.3) is 0 Å². The second-order valence-corrected chi connectivity index (χ2v) is 7.81. The van der Waals surface area contributed by atoms with Crippen LogP contribution in [0.4, 0.5) is 5.69 Å². The number of rotatable bonds is 7. The Morgan fingerprint density at radius 3 is 3.04 bits per heavy atom. The number of benzene rings is 1. The molecule has 0 unspecified atom stereocenters. The highest BCUT2D eigenvalue weighted by Gasteiger charge is 2.17. The summed E-state index contributed by atoms with van der Waals surface area (Å²) in [5.74, 6) is 1.15. The van der Waals surface area contributed by atoms with Crippen LogP contribution in [0.1, 0.15) is 16.9 Å². The third-order valence-electron chi connectivity index (χ3n) is 4.04. The van der Waals surface area contributed by atoms with Gasteiger partial charge in [-0.1, -0.05) is 12.1 Å². The monoisotopic (exact) mass is 345 g/mol. The van der Waals surface area contributed by atoms with Gasteiger partial charge in [-0.05, 0) is 49.2 Å². The summed E-state index contributed by atoms with van der Waals surface area (Å²) in [7, 11) is 2.01. The maximum atomic E-state index is 8.26. The lowest BCUT2D eigenvalue weighted by molar-refractivity contribution is 0.689. The topological polar surface area (TPSA) is 39.1 Å². The maximum absolute atomic E-state index is 8.26. The van der Waals surface area contributed by atoms with Gasteiger partial charge in [-0.3, -0.25) is 0 Å². The molecule has 0 radical (unpaired) electrons. The summed E-state index contributed by atoms with van der Waals surface area (Å²) in [5, 5.41) is 13.5. The van der Waals surface area contributed by atoms with Crippen LogP contribution in [0.5, 0.6) is 0 Å². The summed E-state index contributed by atoms with van der Waals surface area (Å²) in [6.07, 6.45) is 1.89. The van der Waals surface area contributed by atoms with E-state index >= 15 is 0 Å². The molecule has 3 nitrogen and oxygen atoms in total. The molecule has 122 valence electrons. The highest BCUT2D eigenvalue weighted by molar-refractivity contribution is 7.99. The van der Waals surface area contributed by atoms with Crippen molar-refractivity contribution in [2.75, 3.05) is 37.3 Å². The van der Waals surface area contributed by atoms with E-state index in [0.29, 0.717) is 12.1 Å². The van der Waals surface area contributed by atoms with Crippen LogP contribution in [0.3, 0.4) is 0 Å². The van der Waals surface area contributed by atoms with E-state index in [2.05, 4.69) is 28.4 Å². The molecule has 0 fully saturated rings. The molecule has 1 aromatic heterocycles. The fourth-order valence-electron chi connectivity index (χ4n) is 2.85. The van der Waals surface area contributed by atoms with E-state index in [9.17, 15) is 0 Å². The van der Waals surface area contributed by atoms with E-state index in [1.807, 2.05) is 36.3 Å². The number of nitrogens with zero attached hydrogens (tertiary/aromatic N) is 1. The number of nitrogens with one attached hydrogen (secondary N) is 2. The molecule has 0 saturated carbocycles. The summed E-state index contributed by atoms with van der Waals surface area (Å²) >= 11 is 3.59. The lowest BCUT2D eigenvalue weighted by Crippen LogP contribution is -2.31. The molecule has 0 amide bonds. The van der Waals surface area contributed by atoms with Gasteiger partial charge in [0, 0.05) is 35.0 Å². The smallest absolute Gasteiger partial charge is 0.0529 e. The minimum absolute atomic E-state index is 0.714. The van der Waals surface area contributed by atoms with Gasteiger partial charge in [0.2, 0.25) is 0 Å². The van der Waals surface area contributed by atoms with Crippen molar-refractivity contribution in [1.29, 1.82) is 5.41 Å². The van der Waals surface area contributed by atoms with Crippen molar-refractivity contribution in [2.24, 2.45) is 0 Å². The van der Waals surface area contributed by atoms with Crippen molar-refractivity contribution >= 4 is 34.5 Å². The van der Waals surface area contributed by atoms with Crippen molar-refractivity contribution in [1.82, 2.24) is 5.32 Å². The molecule has 2 aromatic rings. The van der Waals surface area contributed by atoms with E-state index in [4.69, 9.17) is 5.41 Å². The standard InChI is InChI=1S/C18H23N3S2/c1-20-7-3-8-21-9-11-23-18-13-14(5-6-16(18)21)12-15(19)17-4-2-10-22-17/h2,4-6,10,13,19-20H,3,7-9,11-12H2,1H3.